The van der Waals surface area contributed by atoms with Crippen molar-refractivity contribution in [2.45, 2.75) is 42.6 Å². The van der Waals surface area contributed by atoms with E-state index in [-0.39, 0.29) is 0 Å². The van der Waals surface area contributed by atoms with E-state index in [0.717, 1.165) is 22.2 Å². The molecule has 0 aliphatic heterocycles. The fourth-order valence-electron chi connectivity index (χ4n) is 1.39. The van der Waals surface area contributed by atoms with Gasteiger partial charge in [0.25, 0.3) is 0 Å². The molecule has 1 heterocycles. The van der Waals surface area contributed by atoms with Crippen molar-refractivity contribution < 1.29 is 9.90 Å². The zero-order valence-corrected chi connectivity index (χ0v) is 11.4. The minimum atomic E-state index is -0.884. The van der Waals surface area contributed by atoms with Gasteiger partial charge in [-0.2, -0.15) is 0 Å². The zero-order chi connectivity index (χ0) is 12.5. The largest absolute Gasteiger partial charge is 0.480 e. The van der Waals surface area contributed by atoms with Gasteiger partial charge in [0.2, 0.25) is 0 Å². The Bertz CT molecular complexity index is 419. The van der Waals surface area contributed by atoms with Crippen LogP contribution in [0.3, 0.4) is 0 Å². The van der Waals surface area contributed by atoms with E-state index < -0.39 is 11.5 Å². The Morgan fingerprint density at radius 1 is 1.65 bits per heavy atom. The maximum absolute atomic E-state index is 11.3. The minimum absolute atomic E-state index is 0.368. The number of nitrogens with zero attached hydrogens (tertiary/aromatic N) is 2. The number of hydrogen-bond acceptors (Lipinski definition) is 6. The summed E-state index contributed by atoms with van der Waals surface area (Å²) in [7, 11) is 0. The van der Waals surface area contributed by atoms with Gasteiger partial charge in [-0.25, -0.2) is 0 Å². The van der Waals surface area contributed by atoms with Crippen LogP contribution in [0.4, 0.5) is 0 Å². The number of hydrogen-bond donors (Lipinski definition) is 2. The number of rotatable bonds is 6. The van der Waals surface area contributed by atoms with Crippen LogP contribution in [0.5, 0.6) is 0 Å². The van der Waals surface area contributed by atoms with Crippen molar-refractivity contribution in [1.29, 1.82) is 0 Å². The lowest BCUT2D eigenvalue weighted by Gasteiger charge is -2.25. The zero-order valence-electron chi connectivity index (χ0n) is 9.77. The second-order valence-electron chi connectivity index (χ2n) is 4.43. The molecule has 1 aromatic rings. The van der Waals surface area contributed by atoms with Crippen molar-refractivity contribution in [3.8, 4) is 0 Å². The fraction of sp³-hybridized carbons (Fsp3) is 0.700. The molecule has 1 saturated carbocycles. The number of carbonyl (C=O) groups is 1. The Kier molecular flexibility index (Phi) is 3.70. The van der Waals surface area contributed by atoms with Crippen LogP contribution in [-0.2, 0) is 4.79 Å². The molecule has 0 bridgehead atoms. The molecule has 1 unspecified atom stereocenters. The highest BCUT2D eigenvalue weighted by Gasteiger charge is 2.38. The van der Waals surface area contributed by atoms with Crippen LogP contribution in [0.2, 0.25) is 0 Å². The summed E-state index contributed by atoms with van der Waals surface area (Å²) in [4.78, 5) is 11.3. The van der Waals surface area contributed by atoms with Crippen LogP contribution in [0.1, 0.15) is 24.8 Å². The monoisotopic (exact) mass is 273 g/mol. The number of carboxylic acids is 1. The summed E-state index contributed by atoms with van der Waals surface area (Å²) in [5.41, 5.74) is -0.884. The van der Waals surface area contributed by atoms with E-state index in [4.69, 9.17) is 0 Å². The second-order valence-corrected chi connectivity index (χ2v) is 6.84. The number of thioether (sulfide) groups is 1. The Morgan fingerprint density at radius 3 is 2.82 bits per heavy atom. The molecule has 94 valence electrons. The van der Waals surface area contributed by atoms with E-state index in [0.29, 0.717) is 11.8 Å². The highest BCUT2D eigenvalue weighted by atomic mass is 32.2. The van der Waals surface area contributed by atoms with E-state index in [9.17, 15) is 9.90 Å². The van der Waals surface area contributed by atoms with Gasteiger partial charge in [0.15, 0.2) is 4.34 Å². The van der Waals surface area contributed by atoms with Crippen LogP contribution in [0.25, 0.3) is 0 Å². The quantitative estimate of drug-likeness (QED) is 0.766. The molecule has 7 heteroatoms. The number of carboxylic acid groups (broad SMARTS) is 1. The predicted molar refractivity (Wildman–Crippen MR) is 67.6 cm³/mol. The third-order valence-corrected chi connectivity index (χ3v) is 4.85. The van der Waals surface area contributed by atoms with Crippen molar-refractivity contribution in [2.75, 3.05) is 5.75 Å². The molecule has 17 heavy (non-hydrogen) atoms. The summed E-state index contributed by atoms with van der Waals surface area (Å²) < 4.78 is 0.826. The summed E-state index contributed by atoms with van der Waals surface area (Å²) in [6, 6.07) is 0.368. The van der Waals surface area contributed by atoms with Gasteiger partial charge >= 0.3 is 5.97 Å². The van der Waals surface area contributed by atoms with Crippen molar-refractivity contribution in [3.63, 3.8) is 0 Å². The van der Waals surface area contributed by atoms with Crippen molar-refractivity contribution in [3.05, 3.63) is 5.01 Å². The van der Waals surface area contributed by atoms with Crippen molar-refractivity contribution in [2.24, 2.45) is 0 Å². The number of nitrogens with one attached hydrogen (secondary N) is 1. The molecule has 2 rings (SSSR count). The van der Waals surface area contributed by atoms with E-state index in [1.807, 2.05) is 6.92 Å². The molecule has 0 radical (unpaired) electrons. The van der Waals surface area contributed by atoms with Crippen LogP contribution < -0.4 is 5.32 Å². The first kappa shape index (κ1) is 12.8. The molecule has 1 aliphatic rings. The van der Waals surface area contributed by atoms with Crippen LogP contribution in [0, 0.1) is 6.92 Å². The van der Waals surface area contributed by atoms with Gasteiger partial charge in [0.1, 0.15) is 10.5 Å². The summed E-state index contributed by atoms with van der Waals surface area (Å²) in [6.07, 6.45) is 2.15. The SMILES string of the molecule is Cc1nnc(SCC(C)(NC2CC2)C(=O)O)s1. The average Bonchev–Trinajstić information content (AvgIpc) is 2.96. The molecule has 0 spiro atoms. The summed E-state index contributed by atoms with van der Waals surface area (Å²) >= 11 is 2.94. The van der Waals surface area contributed by atoms with Gasteiger partial charge in [-0.1, -0.05) is 23.1 Å². The topological polar surface area (TPSA) is 75.1 Å². The maximum Gasteiger partial charge on any atom is 0.324 e. The smallest absolute Gasteiger partial charge is 0.324 e. The molecule has 0 aromatic carbocycles. The standard InChI is InChI=1S/C10H15N3O2S2/c1-6-12-13-9(17-6)16-5-10(2,8(14)15)11-7-3-4-7/h7,11H,3-5H2,1-2H3,(H,14,15). The molecule has 5 nitrogen and oxygen atoms in total. The molecule has 0 saturated heterocycles. The maximum atomic E-state index is 11.3. The Labute approximate surface area is 108 Å². The normalized spacial score (nSPS) is 18.9. The van der Waals surface area contributed by atoms with Gasteiger partial charge in [-0.3, -0.25) is 10.1 Å². The lowest BCUT2D eigenvalue weighted by molar-refractivity contribution is -0.143. The molecular formula is C10H15N3O2S2. The molecule has 1 aliphatic carbocycles. The van der Waals surface area contributed by atoms with E-state index >= 15 is 0 Å². The minimum Gasteiger partial charge on any atom is -0.480 e. The summed E-state index contributed by atoms with van der Waals surface area (Å²) in [5, 5.41) is 21.3. The van der Waals surface area contributed by atoms with Gasteiger partial charge in [0, 0.05) is 11.8 Å². The average molecular weight is 273 g/mol. The summed E-state index contributed by atoms with van der Waals surface area (Å²) in [6.45, 7) is 3.62. The van der Waals surface area contributed by atoms with Crippen LogP contribution in [0.15, 0.2) is 4.34 Å². The first-order valence-electron chi connectivity index (χ1n) is 5.43. The van der Waals surface area contributed by atoms with Crippen LogP contribution >= 0.6 is 23.1 Å². The van der Waals surface area contributed by atoms with Gasteiger partial charge < -0.3 is 5.11 Å². The number of aromatic nitrogens is 2. The van der Waals surface area contributed by atoms with Gasteiger partial charge in [-0.05, 0) is 26.7 Å². The Morgan fingerprint density at radius 2 is 2.35 bits per heavy atom. The molecule has 0 amide bonds. The van der Waals surface area contributed by atoms with Crippen molar-refractivity contribution in [1.82, 2.24) is 15.5 Å². The molecule has 1 aromatic heterocycles. The highest BCUT2D eigenvalue weighted by Crippen LogP contribution is 2.28. The predicted octanol–water partition coefficient (Wildman–Crippen LogP) is 1.53. The molecule has 1 atom stereocenters. The lowest BCUT2D eigenvalue weighted by Crippen LogP contribution is -2.52. The molecule has 2 N–H and O–H groups in total. The molecular weight excluding hydrogens is 258 g/mol. The second kappa shape index (κ2) is 4.91. The van der Waals surface area contributed by atoms with Gasteiger partial charge in [-0.15, -0.1) is 10.2 Å². The third kappa shape index (κ3) is 3.40. The Hall–Kier alpha value is -0.660. The van der Waals surface area contributed by atoms with E-state index in [2.05, 4.69) is 15.5 Å². The number of aryl methyl sites for hydroxylation is 1. The van der Waals surface area contributed by atoms with Gasteiger partial charge in [0.05, 0.1) is 0 Å². The van der Waals surface area contributed by atoms with E-state index in [1.165, 1.54) is 23.1 Å². The van der Waals surface area contributed by atoms with Crippen LogP contribution in [-0.4, -0.2) is 38.6 Å². The fourth-order valence-corrected chi connectivity index (χ4v) is 3.29. The molecule has 1 fully saturated rings. The Balaban J connectivity index is 1.95. The first-order chi connectivity index (χ1) is 7.99. The number of aliphatic carboxylic acids is 1. The highest BCUT2D eigenvalue weighted by molar-refractivity contribution is 8.01. The third-order valence-electron chi connectivity index (χ3n) is 2.56. The van der Waals surface area contributed by atoms with Crippen molar-refractivity contribution >= 4 is 29.1 Å². The van der Waals surface area contributed by atoms with E-state index in [1.54, 1.807) is 6.92 Å². The lowest BCUT2D eigenvalue weighted by atomic mass is 10.1. The first-order valence-corrected chi connectivity index (χ1v) is 7.24. The summed E-state index contributed by atoms with van der Waals surface area (Å²) in [5.74, 6) is -0.342.